The highest BCUT2D eigenvalue weighted by Crippen LogP contribution is 2.19. The highest BCUT2D eigenvalue weighted by Gasteiger charge is 2.14. The summed E-state index contributed by atoms with van der Waals surface area (Å²) >= 11 is 3.14. The van der Waals surface area contributed by atoms with Crippen molar-refractivity contribution >= 4 is 21.8 Å². The molecule has 0 fully saturated rings. The van der Waals surface area contributed by atoms with Gasteiger partial charge in [-0.2, -0.15) is 0 Å². The van der Waals surface area contributed by atoms with E-state index in [1.807, 2.05) is 13.0 Å². The normalized spacial score (nSPS) is 12.1. The van der Waals surface area contributed by atoms with Gasteiger partial charge in [-0.25, -0.2) is 0 Å². The minimum Gasteiger partial charge on any atom is -0.508 e. The molecule has 94 valence electrons. The van der Waals surface area contributed by atoms with Crippen molar-refractivity contribution in [3.63, 3.8) is 0 Å². The van der Waals surface area contributed by atoms with Gasteiger partial charge in [0, 0.05) is 0 Å². The molecule has 1 amide bonds. The largest absolute Gasteiger partial charge is 0.508 e. The number of phenolic OH excluding ortho intramolecular Hbond substituents is 1. The van der Waals surface area contributed by atoms with Crippen molar-refractivity contribution in [2.75, 3.05) is 0 Å². The molecular formula is C13H12BrNO3. The summed E-state index contributed by atoms with van der Waals surface area (Å²) < 4.78 is 5.67. The molecule has 2 N–H and O–H groups in total. The fourth-order valence-corrected chi connectivity index (χ4v) is 1.89. The number of carbonyl (C=O) groups excluding carboxylic acids is 1. The third kappa shape index (κ3) is 2.92. The summed E-state index contributed by atoms with van der Waals surface area (Å²) in [5.41, 5.74) is 0.828. The molecule has 2 aromatic rings. The molecule has 5 heteroatoms. The Morgan fingerprint density at radius 1 is 1.39 bits per heavy atom. The number of hydrogen-bond donors (Lipinski definition) is 2. The Bertz CT molecular complexity index is 565. The van der Waals surface area contributed by atoms with Crippen LogP contribution in [0.4, 0.5) is 0 Å². The van der Waals surface area contributed by atoms with Crippen molar-refractivity contribution in [2.45, 2.75) is 13.0 Å². The van der Waals surface area contributed by atoms with Crippen molar-refractivity contribution < 1.29 is 14.3 Å². The summed E-state index contributed by atoms with van der Waals surface area (Å²) in [6, 6.07) is 9.81. The maximum atomic E-state index is 11.8. The van der Waals surface area contributed by atoms with Gasteiger partial charge in [-0.1, -0.05) is 12.1 Å². The molecule has 18 heavy (non-hydrogen) atoms. The Balaban J connectivity index is 2.07. The topological polar surface area (TPSA) is 62.5 Å². The summed E-state index contributed by atoms with van der Waals surface area (Å²) in [6.07, 6.45) is 0. The van der Waals surface area contributed by atoms with Crippen molar-refractivity contribution in [1.82, 2.24) is 5.32 Å². The standard InChI is InChI=1S/C13H12BrNO3/c1-8(9-3-2-4-10(16)7-9)15-13(17)11-5-6-12(14)18-11/h2-8,16H,1H3,(H,15,17). The molecule has 0 aliphatic rings. The van der Waals surface area contributed by atoms with Gasteiger partial charge in [-0.05, 0) is 52.7 Å². The Kier molecular flexibility index (Phi) is 3.72. The highest BCUT2D eigenvalue weighted by molar-refractivity contribution is 9.10. The number of hydrogen-bond acceptors (Lipinski definition) is 3. The smallest absolute Gasteiger partial charge is 0.287 e. The van der Waals surface area contributed by atoms with E-state index < -0.39 is 0 Å². The number of aromatic hydroxyl groups is 1. The van der Waals surface area contributed by atoms with E-state index in [2.05, 4.69) is 21.2 Å². The average Bonchev–Trinajstić information content (AvgIpc) is 2.76. The van der Waals surface area contributed by atoms with Crippen LogP contribution in [0.5, 0.6) is 5.75 Å². The van der Waals surface area contributed by atoms with Crippen molar-refractivity contribution in [2.24, 2.45) is 0 Å². The summed E-state index contributed by atoms with van der Waals surface area (Å²) in [4.78, 5) is 11.8. The first-order chi connectivity index (χ1) is 8.56. The van der Waals surface area contributed by atoms with Crippen LogP contribution in [-0.2, 0) is 0 Å². The van der Waals surface area contributed by atoms with E-state index in [-0.39, 0.29) is 23.5 Å². The lowest BCUT2D eigenvalue weighted by atomic mass is 10.1. The zero-order chi connectivity index (χ0) is 13.1. The molecule has 0 radical (unpaired) electrons. The number of rotatable bonds is 3. The first kappa shape index (κ1) is 12.7. The number of benzene rings is 1. The van der Waals surface area contributed by atoms with E-state index >= 15 is 0 Å². The Hall–Kier alpha value is -1.75. The van der Waals surface area contributed by atoms with E-state index in [9.17, 15) is 9.90 Å². The molecule has 0 aliphatic carbocycles. The van der Waals surface area contributed by atoms with Crippen LogP contribution in [0.15, 0.2) is 45.5 Å². The lowest BCUT2D eigenvalue weighted by Gasteiger charge is -2.13. The van der Waals surface area contributed by atoms with E-state index in [0.29, 0.717) is 4.67 Å². The van der Waals surface area contributed by atoms with Gasteiger partial charge in [-0.3, -0.25) is 4.79 Å². The fourth-order valence-electron chi connectivity index (χ4n) is 1.58. The van der Waals surface area contributed by atoms with Crippen LogP contribution < -0.4 is 5.32 Å². The van der Waals surface area contributed by atoms with Crippen LogP contribution in [-0.4, -0.2) is 11.0 Å². The SMILES string of the molecule is CC(NC(=O)c1ccc(Br)o1)c1cccc(O)c1. The van der Waals surface area contributed by atoms with Crippen LogP contribution in [0.3, 0.4) is 0 Å². The van der Waals surface area contributed by atoms with Crippen molar-refractivity contribution in [3.8, 4) is 5.75 Å². The molecule has 0 spiro atoms. The third-order valence-electron chi connectivity index (χ3n) is 2.51. The zero-order valence-corrected chi connectivity index (χ0v) is 11.3. The number of nitrogens with one attached hydrogen (secondary N) is 1. The van der Waals surface area contributed by atoms with Gasteiger partial charge in [-0.15, -0.1) is 0 Å². The predicted molar refractivity (Wildman–Crippen MR) is 70.4 cm³/mol. The predicted octanol–water partition coefficient (Wildman–Crippen LogP) is 3.24. The minimum absolute atomic E-state index is 0.175. The fraction of sp³-hybridized carbons (Fsp3) is 0.154. The molecule has 1 aromatic heterocycles. The molecule has 1 unspecified atom stereocenters. The van der Waals surface area contributed by atoms with Gasteiger partial charge in [0.05, 0.1) is 6.04 Å². The molecule has 0 aliphatic heterocycles. The minimum atomic E-state index is -0.295. The number of furan rings is 1. The highest BCUT2D eigenvalue weighted by atomic mass is 79.9. The van der Waals surface area contributed by atoms with E-state index in [4.69, 9.17) is 4.42 Å². The maximum Gasteiger partial charge on any atom is 0.287 e. The number of carbonyl (C=O) groups is 1. The summed E-state index contributed by atoms with van der Waals surface area (Å²) in [6.45, 7) is 1.84. The van der Waals surface area contributed by atoms with Gasteiger partial charge in [0.2, 0.25) is 0 Å². The van der Waals surface area contributed by atoms with Crippen LogP contribution in [0.2, 0.25) is 0 Å². The lowest BCUT2D eigenvalue weighted by Crippen LogP contribution is -2.26. The molecular weight excluding hydrogens is 298 g/mol. The van der Waals surface area contributed by atoms with Crippen LogP contribution >= 0.6 is 15.9 Å². The van der Waals surface area contributed by atoms with Crippen LogP contribution in [0.25, 0.3) is 0 Å². The second kappa shape index (κ2) is 5.27. The van der Waals surface area contributed by atoms with E-state index in [1.54, 1.807) is 30.3 Å². The Morgan fingerprint density at radius 2 is 2.17 bits per heavy atom. The Morgan fingerprint density at radius 3 is 2.78 bits per heavy atom. The van der Waals surface area contributed by atoms with Crippen molar-refractivity contribution in [3.05, 3.63) is 52.4 Å². The van der Waals surface area contributed by atoms with Gasteiger partial charge >= 0.3 is 0 Å². The molecule has 0 saturated heterocycles. The quantitative estimate of drug-likeness (QED) is 0.915. The lowest BCUT2D eigenvalue weighted by molar-refractivity contribution is 0.0910. The average molecular weight is 310 g/mol. The number of amides is 1. The molecule has 0 bridgehead atoms. The van der Waals surface area contributed by atoms with Crippen LogP contribution in [0.1, 0.15) is 29.1 Å². The summed E-state index contributed by atoms with van der Waals surface area (Å²) in [5.74, 6) is 0.125. The van der Waals surface area contributed by atoms with Gasteiger partial charge in [0.15, 0.2) is 10.4 Å². The monoisotopic (exact) mass is 309 g/mol. The summed E-state index contributed by atoms with van der Waals surface area (Å²) in [7, 11) is 0. The Labute approximate surface area is 113 Å². The first-order valence-electron chi connectivity index (χ1n) is 5.41. The van der Waals surface area contributed by atoms with E-state index in [0.717, 1.165) is 5.56 Å². The van der Waals surface area contributed by atoms with Gasteiger partial charge in [0.1, 0.15) is 5.75 Å². The van der Waals surface area contributed by atoms with Gasteiger partial charge in [0.25, 0.3) is 5.91 Å². The summed E-state index contributed by atoms with van der Waals surface area (Å²) in [5, 5.41) is 12.2. The second-order valence-electron chi connectivity index (χ2n) is 3.89. The molecule has 1 aromatic carbocycles. The van der Waals surface area contributed by atoms with Crippen LogP contribution in [0, 0.1) is 0 Å². The molecule has 4 nitrogen and oxygen atoms in total. The molecule has 0 saturated carbocycles. The third-order valence-corrected chi connectivity index (χ3v) is 2.94. The molecule has 1 heterocycles. The zero-order valence-electron chi connectivity index (χ0n) is 9.68. The van der Waals surface area contributed by atoms with Crippen molar-refractivity contribution in [1.29, 1.82) is 0 Å². The van der Waals surface area contributed by atoms with E-state index in [1.165, 1.54) is 0 Å². The first-order valence-corrected chi connectivity index (χ1v) is 6.20. The van der Waals surface area contributed by atoms with Gasteiger partial charge < -0.3 is 14.8 Å². The number of halogens is 1. The number of phenols is 1. The molecule has 2 rings (SSSR count). The maximum absolute atomic E-state index is 11.8. The molecule has 1 atom stereocenters. The second-order valence-corrected chi connectivity index (χ2v) is 4.68.